The summed E-state index contributed by atoms with van der Waals surface area (Å²) in [5.41, 5.74) is 5.77. The minimum atomic E-state index is -2.97. The average molecular weight is 245 g/mol. The lowest BCUT2D eigenvalue weighted by molar-refractivity contribution is -0.145. The summed E-state index contributed by atoms with van der Waals surface area (Å²) in [6.07, 6.45) is 0. The number of ether oxygens (including phenoxy) is 2. The van der Waals surface area contributed by atoms with Crippen LogP contribution in [-0.2, 0) is 9.53 Å². The van der Waals surface area contributed by atoms with Gasteiger partial charge in [0.25, 0.3) is 0 Å². The Bertz CT molecular complexity index is 385. The normalized spacial score (nSPS) is 12.3. The van der Waals surface area contributed by atoms with Gasteiger partial charge in [-0.25, -0.2) is 4.79 Å². The van der Waals surface area contributed by atoms with Crippen molar-refractivity contribution in [2.24, 2.45) is 5.73 Å². The van der Waals surface area contributed by atoms with Gasteiger partial charge in [0, 0.05) is 5.56 Å². The average Bonchev–Trinajstić information content (AvgIpc) is 2.28. The monoisotopic (exact) mass is 245 g/mol. The predicted molar refractivity (Wildman–Crippen MR) is 56.6 cm³/mol. The van der Waals surface area contributed by atoms with Gasteiger partial charge in [0.15, 0.2) is 0 Å². The molecule has 0 radical (unpaired) electrons. The van der Waals surface area contributed by atoms with Crippen molar-refractivity contribution < 1.29 is 23.0 Å². The molecule has 0 saturated carbocycles. The summed E-state index contributed by atoms with van der Waals surface area (Å²) >= 11 is 0. The highest BCUT2D eigenvalue weighted by molar-refractivity contribution is 5.78. The number of nitrogens with two attached hydrogens (primary N) is 1. The van der Waals surface area contributed by atoms with Crippen LogP contribution >= 0.6 is 0 Å². The fraction of sp³-hybridized carbons (Fsp3) is 0.364. The van der Waals surface area contributed by atoms with E-state index in [-0.39, 0.29) is 17.9 Å². The van der Waals surface area contributed by atoms with E-state index < -0.39 is 18.6 Å². The van der Waals surface area contributed by atoms with Crippen molar-refractivity contribution in [3.05, 3.63) is 29.8 Å². The van der Waals surface area contributed by atoms with E-state index in [1.807, 2.05) is 0 Å². The molecule has 4 nitrogen and oxygen atoms in total. The topological polar surface area (TPSA) is 61.5 Å². The SMILES string of the molecule is CCOC(=O)C(N)c1ccccc1OC(F)F. The van der Waals surface area contributed by atoms with E-state index in [1.165, 1.54) is 18.2 Å². The molecule has 1 unspecified atom stereocenters. The van der Waals surface area contributed by atoms with Gasteiger partial charge in [-0.1, -0.05) is 18.2 Å². The molecular formula is C11H13F2NO3. The van der Waals surface area contributed by atoms with Gasteiger partial charge in [-0.15, -0.1) is 0 Å². The van der Waals surface area contributed by atoms with E-state index in [9.17, 15) is 13.6 Å². The third-order valence-electron chi connectivity index (χ3n) is 2.01. The standard InChI is InChI=1S/C11H13F2NO3/c1-2-16-10(15)9(14)7-5-3-4-6-8(7)17-11(12)13/h3-6,9,11H,2,14H2,1H3. The van der Waals surface area contributed by atoms with E-state index >= 15 is 0 Å². The number of hydrogen-bond acceptors (Lipinski definition) is 4. The Morgan fingerprint density at radius 3 is 2.65 bits per heavy atom. The molecule has 0 aromatic heterocycles. The van der Waals surface area contributed by atoms with Crippen molar-refractivity contribution in [1.82, 2.24) is 0 Å². The number of hydrogen-bond donors (Lipinski definition) is 1. The molecule has 0 aliphatic rings. The molecular weight excluding hydrogens is 232 g/mol. The van der Waals surface area contributed by atoms with E-state index in [0.717, 1.165) is 0 Å². The van der Waals surface area contributed by atoms with Crippen LogP contribution in [0.3, 0.4) is 0 Å². The van der Waals surface area contributed by atoms with Gasteiger partial charge in [0.2, 0.25) is 0 Å². The first-order valence-electron chi connectivity index (χ1n) is 5.02. The highest BCUT2D eigenvalue weighted by atomic mass is 19.3. The van der Waals surface area contributed by atoms with E-state index in [4.69, 9.17) is 10.5 Å². The predicted octanol–water partition coefficient (Wildman–Crippen LogP) is 1.85. The first-order valence-corrected chi connectivity index (χ1v) is 5.02. The zero-order chi connectivity index (χ0) is 12.8. The summed E-state index contributed by atoms with van der Waals surface area (Å²) in [7, 11) is 0. The Morgan fingerprint density at radius 2 is 2.06 bits per heavy atom. The molecule has 0 bridgehead atoms. The summed E-state index contributed by atoms with van der Waals surface area (Å²) in [5.74, 6) is -0.805. The van der Waals surface area contributed by atoms with Crippen LogP contribution in [0, 0.1) is 0 Å². The number of para-hydroxylation sites is 1. The molecule has 0 spiro atoms. The zero-order valence-electron chi connectivity index (χ0n) is 9.23. The fourth-order valence-electron chi connectivity index (χ4n) is 1.30. The molecule has 0 saturated heterocycles. The number of benzene rings is 1. The van der Waals surface area contributed by atoms with Crippen molar-refractivity contribution >= 4 is 5.97 Å². The Balaban J connectivity index is 2.92. The Labute approximate surface area is 97.3 Å². The number of halogens is 2. The Kier molecular flexibility index (Phi) is 4.84. The van der Waals surface area contributed by atoms with Gasteiger partial charge < -0.3 is 15.2 Å². The Hall–Kier alpha value is -1.69. The smallest absolute Gasteiger partial charge is 0.387 e. The fourth-order valence-corrected chi connectivity index (χ4v) is 1.30. The van der Waals surface area contributed by atoms with Crippen LogP contribution in [0.4, 0.5) is 8.78 Å². The summed E-state index contributed by atoms with van der Waals surface area (Å²) in [5, 5.41) is 0. The van der Waals surface area contributed by atoms with Crippen molar-refractivity contribution in [2.45, 2.75) is 19.6 Å². The molecule has 1 rings (SSSR count). The quantitative estimate of drug-likeness (QED) is 0.804. The van der Waals surface area contributed by atoms with Crippen molar-refractivity contribution in [1.29, 1.82) is 0 Å². The minimum absolute atomic E-state index is 0.122. The van der Waals surface area contributed by atoms with Crippen LogP contribution in [0.1, 0.15) is 18.5 Å². The van der Waals surface area contributed by atoms with Gasteiger partial charge in [0.05, 0.1) is 6.61 Å². The minimum Gasteiger partial charge on any atom is -0.465 e. The van der Waals surface area contributed by atoms with Gasteiger partial charge in [-0.3, -0.25) is 0 Å². The van der Waals surface area contributed by atoms with Crippen LogP contribution in [0.5, 0.6) is 5.75 Å². The maximum absolute atomic E-state index is 12.1. The molecule has 94 valence electrons. The van der Waals surface area contributed by atoms with Gasteiger partial charge in [0.1, 0.15) is 11.8 Å². The highest BCUT2D eigenvalue weighted by Gasteiger charge is 2.21. The molecule has 2 N–H and O–H groups in total. The molecule has 0 heterocycles. The molecule has 1 aromatic carbocycles. The molecule has 1 atom stereocenters. The third kappa shape index (κ3) is 3.67. The largest absolute Gasteiger partial charge is 0.465 e. The van der Waals surface area contributed by atoms with Gasteiger partial charge in [-0.2, -0.15) is 8.78 Å². The van der Waals surface area contributed by atoms with Crippen LogP contribution < -0.4 is 10.5 Å². The number of esters is 1. The van der Waals surface area contributed by atoms with Crippen LogP contribution in [0.25, 0.3) is 0 Å². The van der Waals surface area contributed by atoms with Crippen LogP contribution in [-0.4, -0.2) is 19.2 Å². The van der Waals surface area contributed by atoms with E-state index in [0.29, 0.717) is 0 Å². The van der Waals surface area contributed by atoms with Crippen molar-refractivity contribution in [2.75, 3.05) is 6.61 Å². The second kappa shape index (κ2) is 6.15. The Morgan fingerprint density at radius 1 is 1.41 bits per heavy atom. The lowest BCUT2D eigenvalue weighted by atomic mass is 10.1. The van der Waals surface area contributed by atoms with E-state index in [2.05, 4.69) is 4.74 Å². The van der Waals surface area contributed by atoms with E-state index in [1.54, 1.807) is 13.0 Å². The highest BCUT2D eigenvalue weighted by Crippen LogP contribution is 2.25. The molecule has 0 fully saturated rings. The number of alkyl halides is 2. The maximum Gasteiger partial charge on any atom is 0.387 e. The second-order valence-electron chi connectivity index (χ2n) is 3.15. The molecule has 1 aromatic rings. The molecule has 17 heavy (non-hydrogen) atoms. The third-order valence-corrected chi connectivity index (χ3v) is 2.01. The summed E-state index contributed by atoms with van der Waals surface area (Å²) in [6.45, 7) is -1.16. The number of rotatable bonds is 5. The molecule has 0 aliphatic heterocycles. The van der Waals surface area contributed by atoms with Gasteiger partial charge in [-0.05, 0) is 13.0 Å². The second-order valence-corrected chi connectivity index (χ2v) is 3.15. The van der Waals surface area contributed by atoms with Crippen LogP contribution in [0.15, 0.2) is 24.3 Å². The van der Waals surface area contributed by atoms with Crippen molar-refractivity contribution in [3.63, 3.8) is 0 Å². The molecule has 0 aliphatic carbocycles. The first kappa shape index (κ1) is 13.4. The summed E-state index contributed by atoms with van der Waals surface area (Å²) in [6, 6.07) is 4.72. The molecule has 0 amide bonds. The van der Waals surface area contributed by atoms with Gasteiger partial charge >= 0.3 is 12.6 Å². The summed E-state index contributed by atoms with van der Waals surface area (Å²) < 4.78 is 33.3. The van der Waals surface area contributed by atoms with Crippen molar-refractivity contribution in [3.8, 4) is 5.75 Å². The number of carbonyl (C=O) groups excluding carboxylic acids is 1. The molecule has 6 heteroatoms. The van der Waals surface area contributed by atoms with Crippen LogP contribution in [0.2, 0.25) is 0 Å². The number of carbonyl (C=O) groups is 1. The first-order chi connectivity index (χ1) is 8.06. The lowest BCUT2D eigenvalue weighted by Gasteiger charge is -2.15. The summed E-state index contributed by atoms with van der Waals surface area (Å²) in [4.78, 5) is 11.4. The maximum atomic E-state index is 12.1. The lowest BCUT2D eigenvalue weighted by Crippen LogP contribution is -2.24. The zero-order valence-corrected chi connectivity index (χ0v) is 9.23.